The zero-order chi connectivity index (χ0) is 7.98. The molecule has 66 valence electrons. The Morgan fingerprint density at radius 1 is 1.55 bits per heavy atom. The maximum atomic E-state index is 10.2. The molecule has 0 aliphatic heterocycles. The van der Waals surface area contributed by atoms with Crippen LogP contribution in [0.4, 0.5) is 0 Å². The average Bonchev–Trinajstić information content (AvgIpc) is 1.88. The number of hydrogen-bond acceptors (Lipinski definition) is 1. The van der Waals surface area contributed by atoms with Crippen LogP contribution in [0, 0.1) is 0 Å². The molecule has 0 spiro atoms. The van der Waals surface area contributed by atoms with Crippen molar-refractivity contribution in [2.45, 2.75) is 33.1 Å². The first-order valence-electron chi connectivity index (χ1n) is 3.58. The summed E-state index contributed by atoms with van der Waals surface area (Å²) in [4.78, 5) is 10.2. The number of carbonyl (C=O) groups is 1. The Labute approximate surface area is 67.0 Å². The summed E-state index contributed by atoms with van der Waals surface area (Å²) in [5, 5.41) is 8.41. The van der Waals surface area contributed by atoms with E-state index >= 15 is 0 Å². The molecule has 0 bridgehead atoms. The Kier molecular flexibility index (Phi) is 8.48. The van der Waals surface area contributed by atoms with E-state index in [1.54, 1.807) is 13.0 Å². The minimum Gasteiger partial charge on any atom is -0.478 e. The van der Waals surface area contributed by atoms with Gasteiger partial charge in [-0.3, -0.25) is 0 Å². The molecule has 3 N–H and O–H groups in total. The van der Waals surface area contributed by atoms with E-state index in [-0.39, 0.29) is 5.48 Å². The van der Waals surface area contributed by atoms with Crippen LogP contribution in [0.15, 0.2) is 11.6 Å². The van der Waals surface area contributed by atoms with Crippen molar-refractivity contribution < 1.29 is 15.4 Å². The Balaban J connectivity index is 0. The van der Waals surface area contributed by atoms with Gasteiger partial charge in [0.25, 0.3) is 0 Å². The van der Waals surface area contributed by atoms with Crippen molar-refractivity contribution in [2.24, 2.45) is 0 Å². The van der Waals surface area contributed by atoms with Crippen LogP contribution in [-0.2, 0) is 4.79 Å². The molecule has 0 aliphatic carbocycles. The fourth-order valence-corrected chi connectivity index (χ4v) is 0.610. The predicted octanol–water partition coefficient (Wildman–Crippen LogP) is 1.38. The van der Waals surface area contributed by atoms with Crippen LogP contribution in [0.25, 0.3) is 0 Å². The van der Waals surface area contributed by atoms with E-state index in [0.717, 1.165) is 19.3 Å². The van der Waals surface area contributed by atoms with Gasteiger partial charge in [0.15, 0.2) is 0 Å². The highest BCUT2D eigenvalue weighted by Gasteiger charge is 1.96. The average molecular weight is 160 g/mol. The fraction of sp³-hybridized carbons (Fsp3) is 0.625. The quantitative estimate of drug-likeness (QED) is 0.498. The molecular weight excluding hydrogens is 144 g/mol. The third-order valence-electron chi connectivity index (χ3n) is 1.35. The van der Waals surface area contributed by atoms with Gasteiger partial charge in [-0.2, -0.15) is 0 Å². The second-order valence-electron chi connectivity index (χ2n) is 2.33. The lowest BCUT2D eigenvalue weighted by Gasteiger charge is -1.91. The van der Waals surface area contributed by atoms with Crippen LogP contribution in [0.2, 0.25) is 0 Å². The fourth-order valence-electron chi connectivity index (χ4n) is 0.610. The van der Waals surface area contributed by atoms with Crippen molar-refractivity contribution >= 4 is 5.97 Å². The molecule has 0 fully saturated rings. The summed E-state index contributed by atoms with van der Waals surface area (Å²) in [6.07, 6.45) is 4.84. The number of allylic oxidation sites excluding steroid dienone is 1. The molecule has 0 atom stereocenters. The second kappa shape index (κ2) is 7.28. The molecule has 0 rings (SSSR count). The summed E-state index contributed by atoms with van der Waals surface area (Å²) in [5.41, 5.74) is 0.452. The minimum atomic E-state index is -0.809. The maximum absolute atomic E-state index is 10.2. The molecule has 0 radical (unpaired) electrons. The van der Waals surface area contributed by atoms with Crippen molar-refractivity contribution in [3.63, 3.8) is 0 Å². The van der Waals surface area contributed by atoms with E-state index in [1.165, 1.54) is 0 Å². The van der Waals surface area contributed by atoms with Crippen molar-refractivity contribution in [3.8, 4) is 0 Å². The molecule has 0 aliphatic rings. The molecule has 0 saturated carbocycles. The van der Waals surface area contributed by atoms with Crippen LogP contribution in [0.5, 0.6) is 0 Å². The van der Waals surface area contributed by atoms with Crippen molar-refractivity contribution in [1.29, 1.82) is 0 Å². The SMILES string of the molecule is CCCCC=C(C)C(=O)O.O. The van der Waals surface area contributed by atoms with Gasteiger partial charge >= 0.3 is 5.97 Å². The Bertz CT molecular complexity index is 138. The topological polar surface area (TPSA) is 68.8 Å². The summed E-state index contributed by atoms with van der Waals surface area (Å²) in [6.45, 7) is 3.71. The first-order valence-corrected chi connectivity index (χ1v) is 3.58. The number of hydrogen-bond donors (Lipinski definition) is 1. The van der Waals surface area contributed by atoms with Gasteiger partial charge in [-0.25, -0.2) is 4.79 Å². The molecular formula is C8H16O3. The van der Waals surface area contributed by atoms with E-state index in [0.29, 0.717) is 5.57 Å². The van der Waals surface area contributed by atoms with Gasteiger partial charge in [0.1, 0.15) is 0 Å². The smallest absolute Gasteiger partial charge is 0.330 e. The first-order chi connectivity index (χ1) is 4.68. The van der Waals surface area contributed by atoms with E-state index in [1.807, 2.05) is 0 Å². The van der Waals surface area contributed by atoms with E-state index in [4.69, 9.17) is 5.11 Å². The van der Waals surface area contributed by atoms with Crippen LogP contribution < -0.4 is 0 Å². The normalized spacial score (nSPS) is 10.5. The maximum Gasteiger partial charge on any atom is 0.330 e. The standard InChI is InChI=1S/C8H14O2.H2O/c1-3-4-5-6-7(2)8(9)10;/h6H,3-5H2,1-2H3,(H,9,10);1H2. The lowest BCUT2D eigenvalue weighted by Crippen LogP contribution is -1.95. The van der Waals surface area contributed by atoms with E-state index < -0.39 is 5.97 Å². The molecule has 0 amide bonds. The van der Waals surface area contributed by atoms with Crippen molar-refractivity contribution in [3.05, 3.63) is 11.6 Å². The largest absolute Gasteiger partial charge is 0.478 e. The molecule has 11 heavy (non-hydrogen) atoms. The number of carboxylic acid groups (broad SMARTS) is 1. The molecule has 0 heterocycles. The lowest BCUT2D eigenvalue weighted by atomic mass is 10.2. The molecule has 0 aromatic heterocycles. The predicted molar refractivity (Wildman–Crippen MR) is 44.5 cm³/mol. The van der Waals surface area contributed by atoms with Crippen LogP contribution in [0.1, 0.15) is 33.1 Å². The summed E-state index contributed by atoms with van der Waals surface area (Å²) in [5.74, 6) is -0.809. The Hall–Kier alpha value is -0.830. The first kappa shape index (κ1) is 12.8. The molecule has 0 aromatic rings. The summed E-state index contributed by atoms with van der Waals surface area (Å²) < 4.78 is 0. The van der Waals surface area contributed by atoms with E-state index in [9.17, 15) is 4.79 Å². The molecule has 3 heteroatoms. The van der Waals surface area contributed by atoms with Crippen LogP contribution in [0.3, 0.4) is 0 Å². The van der Waals surface area contributed by atoms with Crippen LogP contribution in [-0.4, -0.2) is 16.6 Å². The second-order valence-corrected chi connectivity index (χ2v) is 2.33. The summed E-state index contributed by atoms with van der Waals surface area (Å²) in [6, 6.07) is 0. The van der Waals surface area contributed by atoms with Gasteiger partial charge < -0.3 is 10.6 Å². The molecule has 3 nitrogen and oxygen atoms in total. The van der Waals surface area contributed by atoms with Crippen molar-refractivity contribution in [1.82, 2.24) is 0 Å². The number of aliphatic carboxylic acids is 1. The van der Waals surface area contributed by atoms with Gasteiger partial charge in [0.05, 0.1) is 0 Å². The highest BCUT2D eigenvalue weighted by atomic mass is 16.4. The van der Waals surface area contributed by atoms with Crippen LogP contribution >= 0.6 is 0 Å². The van der Waals surface area contributed by atoms with E-state index in [2.05, 4.69) is 6.92 Å². The van der Waals surface area contributed by atoms with Crippen molar-refractivity contribution in [2.75, 3.05) is 0 Å². The Morgan fingerprint density at radius 2 is 2.09 bits per heavy atom. The zero-order valence-electron chi connectivity index (χ0n) is 7.05. The van der Waals surface area contributed by atoms with Gasteiger partial charge in [-0.15, -0.1) is 0 Å². The molecule has 0 saturated heterocycles. The van der Waals surface area contributed by atoms with Gasteiger partial charge in [0.2, 0.25) is 0 Å². The number of carboxylic acids is 1. The number of unbranched alkanes of at least 4 members (excludes halogenated alkanes) is 2. The monoisotopic (exact) mass is 160 g/mol. The third kappa shape index (κ3) is 7.06. The van der Waals surface area contributed by atoms with Gasteiger partial charge in [-0.05, 0) is 13.3 Å². The Morgan fingerprint density at radius 3 is 2.45 bits per heavy atom. The third-order valence-corrected chi connectivity index (χ3v) is 1.35. The summed E-state index contributed by atoms with van der Waals surface area (Å²) in [7, 11) is 0. The van der Waals surface area contributed by atoms with Gasteiger partial charge in [0, 0.05) is 5.57 Å². The van der Waals surface area contributed by atoms with Gasteiger partial charge in [-0.1, -0.05) is 25.8 Å². The minimum absolute atomic E-state index is 0. The highest BCUT2D eigenvalue weighted by Crippen LogP contribution is 2.00. The molecule has 0 unspecified atom stereocenters. The lowest BCUT2D eigenvalue weighted by molar-refractivity contribution is -0.132. The molecule has 0 aromatic carbocycles. The number of rotatable bonds is 4. The zero-order valence-corrected chi connectivity index (χ0v) is 7.05. The highest BCUT2D eigenvalue weighted by molar-refractivity contribution is 5.85. The summed E-state index contributed by atoms with van der Waals surface area (Å²) >= 11 is 0.